The van der Waals surface area contributed by atoms with Gasteiger partial charge in [-0.2, -0.15) is 0 Å². The molecular weight excluding hydrogens is 436 g/mol. The van der Waals surface area contributed by atoms with Gasteiger partial charge in [0, 0.05) is 29.1 Å². The topological polar surface area (TPSA) is 83.6 Å². The number of aliphatic hydroxyl groups is 2. The first-order chi connectivity index (χ1) is 13.7. The predicted molar refractivity (Wildman–Crippen MR) is 124 cm³/mol. The van der Waals surface area contributed by atoms with Crippen LogP contribution in [-0.4, -0.2) is 80.5 Å². The third-order valence-electron chi connectivity index (χ3n) is 3.60. The van der Waals surface area contributed by atoms with Crippen LogP contribution in [0.5, 0.6) is 11.5 Å². The van der Waals surface area contributed by atoms with Crippen LogP contribution in [0.2, 0.25) is 0 Å². The van der Waals surface area contributed by atoms with E-state index in [9.17, 15) is 10.2 Å². The Balaban J connectivity index is 1.34. The molecule has 2 heterocycles. The lowest BCUT2D eigenvalue weighted by molar-refractivity contribution is 0.122. The Morgan fingerprint density at radius 1 is 0.893 bits per heavy atom. The summed E-state index contributed by atoms with van der Waals surface area (Å²) in [4.78, 5) is 8.70. The zero-order valence-electron chi connectivity index (χ0n) is 15.4. The zero-order valence-corrected chi connectivity index (χ0v) is 18.6. The van der Waals surface area contributed by atoms with Crippen molar-refractivity contribution >= 4 is 55.8 Å². The molecule has 0 saturated heterocycles. The molecule has 2 unspecified atom stereocenters. The summed E-state index contributed by atoms with van der Waals surface area (Å²) in [5, 5.41) is 20.2. The monoisotopic (exact) mass is 460 g/mol. The maximum atomic E-state index is 10.1. The van der Waals surface area contributed by atoms with Gasteiger partial charge in [-0.1, -0.05) is 53.1 Å². The van der Waals surface area contributed by atoms with Gasteiger partial charge in [-0.3, -0.25) is 9.98 Å². The summed E-state index contributed by atoms with van der Waals surface area (Å²) < 4.78 is 13.4. The van der Waals surface area contributed by atoms with Crippen LogP contribution < -0.4 is 9.47 Å². The molecule has 6 nitrogen and oxygen atoms in total. The zero-order chi connectivity index (χ0) is 19.6. The Kier molecular flexibility index (Phi) is 9.69. The van der Waals surface area contributed by atoms with Gasteiger partial charge in [0.15, 0.2) is 0 Å². The van der Waals surface area contributed by atoms with E-state index in [4.69, 9.17) is 9.47 Å². The van der Waals surface area contributed by atoms with Crippen LogP contribution in [0.3, 0.4) is 0 Å². The number of thioether (sulfide) groups is 4. The molecule has 1 aromatic rings. The van der Waals surface area contributed by atoms with Crippen molar-refractivity contribution in [3.63, 3.8) is 0 Å². The lowest BCUT2D eigenvalue weighted by Gasteiger charge is -2.14. The molecule has 0 radical (unpaired) electrons. The minimum atomic E-state index is -0.561. The van der Waals surface area contributed by atoms with Crippen LogP contribution in [-0.2, 0) is 0 Å². The second-order valence-corrected chi connectivity index (χ2v) is 10.7. The van der Waals surface area contributed by atoms with Crippen LogP contribution in [0.1, 0.15) is 0 Å². The van der Waals surface area contributed by atoms with Gasteiger partial charge in [0.2, 0.25) is 0 Å². The van der Waals surface area contributed by atoms with Crippen LogP contribution in [0, 0.1) is 0 Å². The first kappa shape index (κ1) is 22.2. The first-order valence-electron chi connectivity index (χ1n) is 9.01. The highest BCUT2D eigenvalue weighted by atomic mass is 32.2. The van der Waals surface area contributed by atoms with Crippen molar-refractivity contribution < 1.29 is 19.7 Å². The summed E-state index contributed by atoms with van der Waals surface area (Å²) in [6.45, 7) is 2.17. The summed E-state index contributed by atoms with van der Waals surface area (Å²) in [6, 6.07) is 7.25. The number of ether oxygens (including phenoxy) is 2. The van der Waals surface area contributed by atoms with Gasteiger partial charge in [-0.15, -0.1) is 0 Å². The van der Waals surface area contributed by atoms with Crippen LogP contribution in [0.4, 0.5) is 0 Å². The maximum Gasteiger partial charge on any atom is 0.124 e. The van der Waals surface area contributed by atoms with Crippen molar-refractivity contribution in [3.05, 3.63) is 24.3 Å². The predicted octanol–water partition coefficient (Wildman–Crippen LogP) is 2.84. The Bertz CT molecular complexity index is 636. The van der Waals surface area contributed by atoms with E-state index < -0.39 is 12.2 Å². The highest BCUT2D eigenvalue weighted by molar-refractivity contribution is 8.39. The molecule has 0 bridgehead atoms. The Morgan fingerprint density at radius 3 is 1.82 bits per heavy atom. The quantitative estimate of drug-likeness (QED) is 0.552. The maximum absolute atomic E-state index is 10.1. The molecule has 0 aromatic heterocycles. The molecule has 10 heteroatoms. The molecular formula is C18H24N2O4S4. The van der Waals surface area contributed by atoms with Crippen LogP contribution in [0.15, 0.2) is 34.3 Å². The first-order valence-corrected chi connectivity index (χ1v) is 12.9. The largest absolute Gasteiger partial charge is 0.491 e. The molecule has 3 rings (SSSR count). The van der Waals surface area contributed by atoms with Crippen molar-refractivity contribution in [2.24, 2.45) is 9.98 Å². The molecule has 2 N–H and O–H groups in total. The molecule has 2 atom stereocenters. The summed E-state index contributed by atoms with van der Waals surface area (Å²) >= 11 is 6.62. The van der Waals surface area contributed by atoms with E-state index in [0.29, 0.717) is 23.0 Å². The van der Waals surface area contributed by atoms with E-state index >= 15 is 0 Å². The second kappa shape index (κ2) is 12.2. The van der Waals surface area contributed by atoms with Gasteiger partial charge in [0.05, 0.1) is 25.3 Å². The third kappa shape index (κ3) is 8.08. The molecule has 2 aliphatic heterocycles. The van der Waals surface area contributed by atoms with Gasteiger partial charge in [-0.05, 0) is 12.1 Å². The van der Waals surface area contributed by atoms with E-state index in [2.05, 4.69) is 9.98 Å². The highest BCUT2D eigenvalue weighted by Crippen LogP contribution is 2.24. The van der Waals surface area contributed by atoms with E-state index in [-0.39, 0.29) is 13.2 Å². The molecule has 154 valence electrons. The fourth-order valence-corrected chi connectivity index (χ4v) is 6.16. The summed E-state index contributed by atoms with van der Waals surface area (Å²) in [7, 11) is 0. The number of rotatable bonds is 10. The second-order valence-electron chi connectivity index (χ2n) is 6.02. The minimum Gasteiger partial charge on any atom is -0.491 e. The molecule has 0 spiro atoms. The molecule has 28 heavy (non-hydrogen) atoms. The Labute approximate surface area is 182 Å². The van der Waals surface area contributed by atoms with Gasteiger partial charge in [0.25, 0.3) is 0 Å². The number of aliphatic imine (C=N–C) groups is 2. The number of nitrogens with zero attached hydrogens (tertiary/aromatic N) is 2. The fraction of sp³-hybridized carbons (Fsp3) is 0.556. The number of benzene rings is 1. The average molecular weight is 461 g/mol. The minimum absolute atomic E-state index is 0.216. The highest BCUT2D eigenvalue weighted by Gasteiger charge is 2.13. The van der Waals surface area contributed by atoms with Crippen LogP contribution >= 0.6 is 47.0 Å². The number of hydrogen-bond donors (Lipinski definition) is 2. The van der Waals surface area contributed by atoms with E-state index in [1.54, 1.807) is 53.1 Å². The molecule has 2 aliphatic rings. The average Bonchev–Trinajstić information content (AvgIpc) is 3.42. The van der Waals surface area contributed by atoms with E-state index in [1.165, 1.54) is 0 Å². The van der Waals surface area contributed by atoms with Crippen molar-refractivity contribution in [1.82, 2.24) is 0 Å². The molecule has 0 saturated carbocycles. The van der Waals surface area contributed by atoms with Crippen molar-refractivity contribution in [1.29, 1.82) is 0 Å². The van der Waals surface area contributed by atoms with E-state index in [0.717, 1.165) is 33.3 Å². The smallest absolute Gasteiger partial charge is 0.124 e. The summed E-state index contributed by atoms with van der Waals surface area (Å²) in [5.74, 6) is 4.46. The van der Waals surface area contributed by atoms with Gasteiger partial charge in [-0.25, -0.2) is 0 Å². The standard InChI is InChI=1S/C18H24N2O4S4/c21-13(11-27-17-19-4-6-25-17)9-23-15-2-1-3-16(8-15)24-10-14(22)12-28-18-20-5-7-26-18/h1-3,8,13-14,21-22H,4-7,9-12H2. The SMILES string of the molecule is OC(COc1cccc(OCC(O)CSC2=NCCS2)c1)CSC1=NCCS1. The van der Waals surface area contributed by atoms with Gasteiger partial charge >= 0.3 is 0 Å². The van der Waals surface area contributed by atoms with Crippen LogP contribution in [0.25, 0.3) is 0 Å². The van der Waals surface area contributed by atoms with Crippen molar-refractivity contribution in [3.8, 4) is 11.5 Å². The third-order valence-corrected chi connectivity index (χ3v) is 8.40. The normalized spacial score (nSPS) is 18.5. The fourth-order valence-electron chi connectivity index (χ4n) is 2.28. The molecule has 1 aromatic carbocycles. The lowest BCUT2D eigenvalue weighted by Crippen LogP contribution is -2.21. The van der Waals surface area contributed by atoms with E-state index in [1.807, 2.05) is 18.2 Å². The molecule has 0 aliphatic carbocycles. The molecule has 0 amide bonds. The number of hydrogen-bond acceptors (Lipinski definition) is 10. The Morgan fingerprint density at radius 2 is 1.39 bits per heavy atom. The lowest BCUT2D eigenvalue weighted by atomic mass is 10.3. The number of aliphatic hydroxyl groups excluding tert-OH is 2. The summed E-state index contributed by atoms with van der Waals surface area (Å²) in [5.41, 5.74) is 0. The molecule has 0 fully saturated rings. The van der Waals surface area contributed by atoms with Gasteiger partial charge < -0.3 is 19.7 Å². The summed E-state index contributed by atoms with van der Waals surface area (Å²) in [6.07, 6.45) is -1.12. The van der Waals surface area contributed by atoms with Crippen molar-refractivity contribution in [2.45, 2.75) is 12.2 Å². The van der Waals surface area contributed by atoms with Gasteiger partial charge in [0.1, 0.15) is 33.5 Å². The Hall–Kier alpha value is -0.520. The van der Waals surface area contributed by atoms with Crippen molar-refractivity contribution in [2.75, 3.05) is 49.3 Å².